The normalized spacial score (nSPS) is 15.3. The average Bonchev–Trinajstić information content (AvgIpc) is 2.95. The van der Waals surface area contributed by atoms with Crippen LogP contribution in [0.3, 0.4) is 0 Å². The molecule has 0 fully saturated rings. The van der Waals surface area contributed by atoms with E-state index in [2.05, 4.69) is 9.88 Å². The van der Waals surface area contributed by atoms with Crippen LogP contribution in [0.4, 0.5) is 5.69 Å². The van der Waals surface area contributed by atoms with Gasteiger partial charge in [-0.1, -0.05) is 24.6 Å². The summed E-state index contributed by atoms with van der Waals surface area (Å²) in [7, 11) is 1.31. The number of hydrogen-bond donors (Lipinski definition) is 2. The highest BCUT2D eigenvalue weighted by atomic mass is 16.6. The van der Waals surface area contributed by atoms with Gasteiger partial charge in [0.15, 0.2) is 6.61 Å². The molecule has 1 aromatic heterocycles. The minimum atomic E-state index is -0.483. The number of esters is 1. The summed E-state index contributed by atoms with van der Waals surface area (Å²) in [4.78, 5) is 35.8. The van der Waals surface area contributed by atoms with Crippen molar-refractivity contribution in [3.63, 3.8) is 0 Å². The quantitative estimate of drug-likeness (QED) is 0.411. The second-order valence-electron chi connectivity index (χ2n) is 8.54. The van der Waals surface area contributed by atoms with Crippen molar-refractivity contribution in [3.8, 4) is 5.75 Å². The van der Waals surface area contributed by atoms with Crippen LogP contribution in [0.2, 0.25) is 0 Å². The van der Waals surface area contributed by atoms with Crippen molar-refractivity contribution in [2.45, 2.75) is 45.1 Å². The maximum Gasteiger partial charge on any atom is 0.343 e. The summed E-state index contributed by atoms with van der Waals surface area (Å²) in [5.74, 6) is -0.886. The molecule has 178 valence electrons. The fourth-order valence-electron chi connectivity index (χ4n) is 4.79. The van der Waals surface area contributed by atoms with Crippen molar-refractivity contribution < 1.29 is 23.9 Å². The van der Waals surface area contributed by atoms with Gasteiger partial charge in [0.1, 0.15) is 5.75 Å². The van der Waals surface area contributed by atoms with E-state index in [-0.39, 0.29) is 18.4 Å². The number of aromatic nitrogens is 1. The summed E-state index contributed by atoms with van der Waals surface area (Å²) >= 11 is 0. The third kappa shape index (κ3) is 4.76. The Balaban J connectivity index is 1.87. The van der Waals surface area contributed by atoms with E-state index < -0.39 is 11.9 Å². The van der Waals surface area contributed by atoms with E-state index in [0.29, 0.717) is 18.7 Å². The number of nitrogens with two attached hydrogens (primary N) is 1. The zero-order chi connectivity index (χ0) is 24.2. The van der Waals surface area contributed by atoms with Crippen molar-refractivity contribution in [1.29, 1.82) is 0 Å². The van der Waals surface area contributed by atoms with Gasteiger partial charge >= 0.3 is 5.97 Å². The molecule has 2 aromatic carbocycles. The maximum absolute atomic E-state index is 12.5. The highest BCUT2D eigenvalue weighted by Gasteiger charge is 2.31. The van der Waals surface area contributed by atoms with E-state index in [1.165, 1.54) is 14.0 Å². The summed E-state index contributed by atoms with van der Waals surface area (Å²) in [5, 5.41) is 3.64. The lowest BCUT2D eigenvalue weighted by Crippen LogP contribution is -2.21. The number of nitrogens with one attached hydrogen (secondary N) is 1. The summed E-state index contributed by atoms with van der Waals surface area (Å²) in [5.41, 5.74) is 10.4. The number of primary amides is 1. The van der Waals surface area contributed by atoms with Crippen LogP contribution in [0.5, 0.6) is 5.75 Å². The highest BCUT2D eigenvalue weighted by molar-refractivity contribution is 5.97. The molecule has 4 rings (SSSR count). The number of amides is 2. The summed E-state index contributed by atoms with van der Waals surface area (Å²) in [6, 6.07) is 13.4. The summed E-state index contributed by atoms with van der Waals surface area (Å²) in [6.07, 6.45) is 3.31. The Hall–Kier alpha value is -3.81. The standard InChI is InChI=1S/C26H29N3O5/c1-16(30)28-18-8-5-7-17(13-18)14-29-20-10-4-3-9-19(26(27)32)24(20)25-21(29)11-6-12-22(25)34-15-23(31)33-2/h5-8,11-13,19H,3-4,9-10,14-15H2,1-2H3,(H2,27,32)(H,28,30). The third-order valence-electron chi connectivity index (χ3n) is 6.21. The Morgan fingerprint density at radius 3 is 2.68 bits per heavy atom. The number of hydrogen-bond acceptors (Lipinski definition) is 5. The molecule has 1 aliphatic rings. The molecule has 0 saturated heterocycles. The fraction of sp³-hybridized carbons (Fsp3) is 0.346. The van der Waals surface area contributed by atoms with Gasteiger partial charge in [-0.2, -0.15) is 0 Å². The first kappa shape index (κ1) is 23.4. The average molecular weight is 464 g/mol. The Morgan fingerprint density at radius 1 is 1.15 bits per heavy atom. The van der Waals surface area contributed by atoms with Gasteiger partial charge in [-0.15, -0.1) is 0 Å². The lowest BCUT2D eigenvalue weighted by Gasteiger charge is -2.14. The summed E-state index contributed by atoms with van der Waals surface area (Å²) < 4.78 is 12.8. The second kappa shape index (κ2) is 9.99. The van der Waals surface area contributed by atoms with Crippen LogP contribution in [0.1, 0.15) is 48.9 Å². The topological polar surface area (TPSA) is 113 Å². The molecule has 8 nitrogen and oxygen atoms in total. The van der Waals surface area contributed by atoms with E-state index in [4.69, 9.17) is 15.2 Å². The van der Waals surface area contributed by atoms with E-state index in [0.717, 1.165) is 52.7 Å². The number of carbonyl (C=O) groups is 3. The minimum Gasteiger partial charge on any atom is -0.481 e. The van der Waals surface area contributed by atoms with Gasteiger partial charge < -0.3 is 25.1 Å². The maximum atomic E-state index is 12.5. The number of nitrogens with zero attached hydrogens (tertiary/aromatic N) is 1. The zero-order valence-corrected chi connectivity index (χ0v) is 19.4. The smallest absolute Gasteiger partial charge is 0.343 e. The molecule has 0 aliphatic heterocycles. The van der Waals surface area contributed by atoms with Crippen LogP contribution in [0, 0.1) is 0 Å². The SMILES string of the molecule is COC(=O)COc1cccc2c1c1c(n2Cc2cccc(NC(C)=O)c2)CCCCC1C(N)=O. The molecule has 0 saturated carbocycles. The molecule has 0 radical (unpaired) electrons. The number of benzene rings is 2. The van der Waals surface area contributed by atoms with Gasteiger partial charge in [-0.3, -0.25) is 9.59 Å². The first-order chi connectivity index (χ1) is 16.4. The highest BCUT2D eigenvalue weighted by Crippen LogP contribution is 2.42. The van der Waals surface area contributed by atoms with Gasteiger partial charge in [0.2, 0.25) is 11.8 Å². The van der Waals surface area contributed by atoms with Crippen molar-refractivity contribution in [2.24, 2.45) is 5.73 Å². The largest absolute Gasteiger partial charge is 0.481 e. The number of carbonyl (C=O) groups excluding carboxylic acids is 3. The molecule has 1 unspecified atom stereocenters. The number of anilines is 1. The molecular weight excluding hydrogens is 434 g/mol. The Labute approximate surface area is 198 Å². The summed E-state index contributed by atoms with van der Waals surface area (Å²) in [6.45, 7) is 1.80. The molecular formula is C26H29N3O5. The van der Waals surface area contributed by atoms with Gasteiger partial charge in [-0.25, -0.2) is 4.79 Å². The van der Waals surface area contributed by atoms with E-state index >= 15 is 0 Å². The predicted octanol–water partition coefficient (Wildman–Crippen LogP) is 3.50. The first-order valence-electron chi connectivity index (χ1n) is 11.4. The van der Waals surface area contributed by atoms with Crippen molar-refractivity contribution in [1.82, 2.24) is 4.57 Å². The van der Waals surface area contributed by atoms with Gasteiger partial charge in [0, 0.05) is 30.2 Å². The Morgan fingerprint density at radius 2 is 1.94 bits per heavy atom. The second-order valence-corrected chi connectivity index (χ2v) is 8.54. The molecule has 0 bridgehead atoms. The molecule has 1 heterocycles. The van der Waals surface area contributed by atoms with Crippen LogP contribution in [-0.2, 0) is 32.1 Å². The predicted molar refractivity (Wildman–Crippen MR) is 129 cm³/mol. The number of ether oxygens (including phenoxy) is 2. The lowest BCUT2D eigenvalue weighted by atomic mass is 9.92. The molecule has 1 aliphatic carbocycles. The van der Waals surface area contributed by atoms with Crippen LogP contribution in [0.15, 0.2) is 42.5 Å². The van der Waals surface area contributed by atoms with Crippen molar-refractivity contribution >= 4 is 34.4 Å². The molecule has 1 atom stereocenters. The number of rotatable bonds is 7. The number of fused-ring (bicyclic) bond motifs is 3. The molecule has 34 heavy (non-hydrogen) atoms. The first-order valence-corrected chi connectivity index (χ1v) is 11.4. The zero-order valence-electron chi connectivity index (χ0n) is 19.4. The molecule has 2 amide bonds. The molecule has 0 spiro atoms. The van der Waals surface area contributed by atoms with E-state index in [1.807, 2.05) is 36.4 Å². The van der Waals surface area contributed by atoms with E-state index in [9.17, 15) is 14.4 Å². The van der Waals surface area contributed by atoms with Crippen molar-refractivity contribution in [2.75, 3.05) is 19.0 Å². The van der Waals surface area contributed by atoms with Crippen LogP contribution in [0.25, 0.3) is 10.9 Å². The lowest BCUT2D eigenvalue weighted by molar-refractivity contribution is -0.142. The van der Waals surface area contributed by atoms with Crippen LogP contribution < -0.4 is 15.8 Å². The number of methoxy groups -OCH3 is 1. The van der Waals surface area contributed by atoms with E-state index in [1.54, 1.807) is 6.07 Å². The van der Waals surface area contributed by atoms with Gasteiger partial charge in [0.05, 0.1) is 18.5 Å². The van der Waals surface area contributed by atoms with Gasteiger partial charge in [-0.05, 0) is 54.7 Å². The van der Waals surface area contributed by atoms with Gasteiger partial charge in [0.25, 0.3) is 0 Å². The van der Waals surface area contributed by atoms with Crippen LogP contribution >= 0.6 is 0 Å². The Kier molecular flexibility index (Phi) is 6.86. The third-order valence-corrected chi connectivity index (χ3v) is 6.21. The molecule has 3 N–H and O–H groups in total. The monoisotopic (exact) mass is 463 g/mol. The fourth-order valence-corrected chi connectivity index (χ4v) is 4.79. The Bertz CT molecular complexity index is 1250. The molecule has 8 heteroatoms. The molecule has 3 aromatic rings. The van der Waals surface area contributed by atoms with Crippen molar-refractivity contribution in [3.05, 3.63) is 59.3 Å². The van der Waals surface area contributed by atoms with Crippen LogP contribution in [-0.4, -0.2) is 36.1 Å². The minimum absolute atomic E-state index is 0.130.